The number of allylic oxidation sites excluding steroid dienone is 1. The number of rotatable bonds is 11. The minimum absolute atomic E-state index is 0.149. The summed E-state index contributed by atoms with van der Waals surface area (Å²) in [5.41, 5.74) is 5.88. The number of aliphatic imine (C=N–C) groups is 1. The van der Waals surface area contributed by atoms with Crippen LogP contribution >= 0.6 is 0 Å². The van der Waals surface area contributed by atoms with Crippen molar-refractivity contribution in [3.05, 3.63) is 47.6 Å². The number of hydrogen-bond donors (Lipinski definition) is 2. The van der Waals surface area contributed by atoms with E-state index in [1.165, 1.54) is 32.8 Å². The summed E-state index contributed by atoms with van der Waals surface area (Å²) >= 11 is 0. The fraction of sp³-hybridized carbons (Fsp3) is 0.435. The number of ether oxygens (including phenoxy) is 3. The Labute approximate surface area is 203 Å². The molecule has 1 aromatic carbocycles. The second-order valence-electron chi connectivity index (χ2n) is 7.85. The molecular weight excluding hydrogens is 460 g/mol. The Hall–Kier alpha value is -3.51. The summed E-state index contributed by atoms with van der Waals surface area (Å²) in [5.74, 6) is -1.55. The third-order valence-corrected chi connectivity index (χ3v) is 5.48. The molecule has 1 aliphatic rings. The lowest BCUT2D eigenvalue weighted by Gasteiger charge is -2.31. The zero-order valence-electron chi connectivity index (χ0n) is 20.1. The van der Waals surface area contributed by atoms with Crippen molar-refractivity contribution in [2.75, 3.05) is 65.9 Å². The lowest BCUT2D eigenvalue weighted by atomic mass is 10.1. The van der Waals surface area contributed by atoms with Crippen LogP contribution in [-0.4, -0.2) is 86.5 Å². The van der Waals surface area contributed by atoms with E-state index in [9.17, 15) is 8.78 Å². The number of aromatic nitrogens is 2. The van der Waals surface area contributed by atoms with Crippen LogP contribution < -0.4 is 25.3 Å². The highest BCUT2D eigenvalue weighted by Gasteiger charge is 2.20. The van der Waals surface area contributed by atoms with Crippen molar-refractivity contribution in [2.45, 2.75) is 6.61 Å². The summed E-state index contributed by atoms with van der Waals surface area (Å²) in [6.45, 7) is 5.33. The van der Waals surface area contributed by atoms with Gasteiger partial charge in [-0.05, 0) is 7.05 Å². The highest BCUT2D eigenvalue weighted by Crippen LogP contribution is 2.31. The van der Waals surface area contributed by atoms with Crippen LogP contribution in [0.15, 0.2) is 35.3 Å². The summed E-state index contributed by atoms with van der Waals surface area (Å²) in [5, 5.41) is 2.96. The SMILES string of the molecule is COc1cc(OC)c(F)c(COc2cnc(NC(C=NCCN3CCN(C)CC3)=CN)nc2)c1F. The van der Waals surface area contributed by atoms with Gasteiger partial charge in [-0.1, -0.05) is 0 Å². The predicted octanol–water partition coefficient (Wildman–Crippen LogP) is 1.88. The number of benzene rings is 1. The van der Waals surface area contributed by atoms with Crippen LogP contribution in [0.1, 0.15) is 5.56 Å². The topological polar surface area (TPSA) is 110 Å². The molecule has 1 aromatic heterocycles. The summed E-state index contributed by atoms with van der Waals surface area (Å²) in [7, 11) is 4.68. The average molecular weight is 492 g/mol. The number of nitrogens with one attached hydrogen (secondary N) is 1. The molecule has 2 heterocycles. The first-order chi connectivity index (χ1) is 16.9. The third-order valence-electron chi connectivity index (χ3n) is 5.48. The molecule has 10 nitrogen and oxygen atoms in total. The zero-order chi connectivity index (χ0) is 25.2. The normalized spacial score (nSPS) is 15.4. The second kappa shape index (κ2) is 12.8. The number of hydrogen-bond acceptors (Lipinski definition) is 10. The van der Waals surface area contributed by atoms with E-state index in [-0.39, 0.29) is 28.8 Å². The molecular formula is C23H31F2N7O3. The Balaban J connectivity index is 1.52. The Kier molecular flexibility index (Phi) is 9.56. The molecule has 0 bridgehead atoms. The molecule has 3 N–H and O–H groups in total. The molecule has 12 heteroatoms. The number of nitrogens with two attached hydrogens (primary N) is 1. The molecule has 0 unspecified atom stereocenters. The number of nitrogens with zero attached hydrogens (tertiary/aromatic N) is 5. The van der Waals surface area contributed by atoms with Crippen LogP contribution in [0.5, 0.6) is 17.2 Å². The maximum absolute atomic E-state index is 14.5. The molecule has 3 rings (SSSR count). The maximum atomic E-state index is 14.5. The summed E-state index contributed by atoms with van der Waals surface area (Å²) in [4.78, 5) is 17.4. The van der Waals surface area contributed by atoms with Gasteiger partial charge < -0.3 is 30.2 Å². The van der Waals surface area contributed by atoms with Crippen molar-refractivity contribution in [1.29, 1.82) is 0 Å². The van der Waals surface area contributed by atoms with Crippen LogP contribution in [0.3, 0.4) is 0 Å². The number of halogens is 2. The molecule has 0 radical (unpaired) electrons. The van der Waals surface area contributed by atoms with Crippen LogP contribution in [0.2, 0.25) is 0 Å². The number of anilines is 1. The minimum Gasteiger partial charge on any atom is -0.494 e. The second-order valence-corrected chi connectivity index (χ2v) is 7.85. The smallest absolute Gasteiger partial charge is 0.227 e. The van der Waals surface area contributed by atoms with E-state index in [1.54, 1.807) is 6.21 Å². The van der Waals surface area contributed by atoms with E-state index in [0.29, 0.717) is 12.2 Å². The van der Waals surface area contributed by atoms with E-state index in [2.05, 4.69) is 37.1 Å². The van der Waals surface area contributed by atoms with Crippen LogP contribution in [0, 0.1) is 11.6 Å². The minimum atomic E-state index is -0.866. The van der Waals surface area contributed by atoms with E-state index in [4.69, 9.17) is 19.9 Å². The van der Waals surface area contributed by atoms with Crippen molar-refractivity contribution >= 4 is 12.2 Å². The molecule has 0 aliphatic carbocycles. The van der Waals surface area contributed by atoms with Gasteiger partial charge in [0.25, 0.3) is 0 Å². The summed E-state index contributed by atoms with van der Waals surface area (Å²) in [6.07, 6.45) is 5.75. The van der Waals surface area contributed by atoms with Gasteiger partial charge in [0.05, 0.1) is 44.4 Å². The molecule has 0 spiro atoms. The van der Waals surface area contributed by atoms with Gasteiger partial charge >= 0.3 is 0 Å². The Morgan fingerprint density at radius 3 is 2.31 bits per heavy atom. The lowest BCUT2D eigenvalue weighted by molar-refractivity contribution is 0.157. The van der Waals surface area contributed by atoms with Crippen molar-refractivity contribution in [3.8, 4) is 17.2 Å². The Bertz CT molecular complexity index is 999. The number of likely N-dealkylation sites (N-methyl/N-ethyl adjacent to an activating group) is 1. The molecule has 2 aromatic rings. The summed E-state index contributed by atoms with van der Waals surface area (Å²) < 4.78 is 44.3. The van der Waals surface area contributed by atoms with Gasteiger partial charge in [0.15, 0.2) is 28.9 Å². The largest absolute Gasteiger partial charge is 0.494 e. The quantitative estimate of drug-likeness (QED) is 0.455. The molecule has 190 valence electrons. The van der Waals surface area contributed by atoms with Gasteiger partial charge in [-0.3, -0.25) is 9.89 Å². The van der Waals surface area contributed by atoms with Crippen molar-refractivity contribution in [2.24, 2.45) is 10.7 Å². The molecule has 1 fully saturated rings. The predicted molar refractivity (Wildman–Crippen MR) is 129 cm³/mol. The van der Waals surface area contributed by atoms with Gasteiger partial charge in [0.1, 0.15) is 6.61 Å². The van der Waals surface area contributed by atoms with Crippen molar-refractivity contribution < 1.29 is 23.0 Å². The van der Waals surface area contributed by atoms with Gasteiger partial charge in [-0.25, -0.2) is 18.7 Å². The van der Waals surface area contributed by atoms with E-state index in [1.807, 2.05) is 0 Å². The van der Waals surface area contributed by atoms with Crippen molar-refractivity contribution in [3.63, 3.8) is 0 Å². The van der Waals surface area contributed by atoms with Gasteiger partial charge in [-0.15, -0.1) is 0 Å². The van der Waals surface area contributed by atoms with Crippen LogP contribution in [0.4, 0.5) is 14.7 Å². The molecule has 35 heavy (non-hydrogen) atoms. The fourth-order valence-electron chi connectivity index (χ4n) is 3.35. The van der Waals surface area contributed by atoms with E-state index < -0.39 is 18.2 Å². The zero-order valence-corrected chi connectivity index (χ0v) is 20.1. The van der Waals surface area contributed by atoms with E-state index in [0.717, 1.165) is 38.8 Å². The first-order valence-electron chi connectivity index (χ1n) is 11.1. The van der Waals surface area contributed by atoms with Gasteiger partial charge in [-0.2, -0.15) is 0 Å². The fourth-order valence-corrected chi connectivity index (χ4v) is 3.35. The van der Waals surface area contributed by atoms with Gasteiger partial charge in [0.2, 0.25) is 5.95 Å². The first kappa shape index (κ1) is 26.1. The number of piperazine rings is 1. The van der Waals surface area contributed by atoms with Crippen molar-refractivity contribution in [1.82, 2.24) is 19.8 Å². The highest BCUT2D eigenvalue weighted by molar-refractivity contribution is 5.81. The molecule has 1 saturated heterocycles. The molecule has 0 amide bonds. The number of methoxy groups -OCH3 is 2. The monoisotopic (exact) mass is 491 g/mol. The molecule has 1 aliphatic heterocycles. The third kappa shape index (κ3) is 7.23. The highest BCUT2D eigenvalue weighted by atomic mass is 19.1. The average Bonchev–Trinajstić information content (AvgIpc) is 2.88. The lowest BCUT2D eigenvalue weighted by Crippen LogP contribution is -2.45. The van der Waals surface area contributed by atoms with Crippen LogP contribution in [-0.2, 0) is 6.61 Å². The van der Waals surface area contributed by atoms with Crippen LogP contribution in [0.25, 0.3) is 0 Å². The Morgan fingerprint density at radius 1 is 1.11 bits per heavy atom. The Morgan fingerprint density at radius 2 is 1.74 bits per heavy atom. The maximum Gasteiger partial charge on any atom is 0.227 e. The van der Waals surface area contributed by atoms with E-state index >= 15 is 0 Å². The molecule has 0 saturated carbocycles. The standard InChI is InChI=1S/C23H31F2N7O3/c1-31-6-8-32(9-7-31)5-4-27-12-16(11-26)30-23-28-13-17(14-29-23)35-15-18-21(24)19(33-2)10-20(34-3)22(18)25/h10-14H,4-9,15,26H2,1-3H3,(H,28,29,30). The van der Waals surface area contributed by atoms with Gasteiger partial charge in [0, 0.05) is 51.2 Å². The first-order valence-corrected chi connectivity index (χ1v) is 11.1. The summed E-state index contributed by atoms with van der Waals surface area (Å²) in [6, 6.07) is 1.13. The molecule has 0 atom stereocenters.